The Morgan fingerprint density at radius 1 is 0.447 bits per heavy atom. The lowest BCUT2D eigenvalue weighted by atomic mass is 9.93. The summed E-state index contributed by atoms with van der Waals surface area (Å²) in [6, 6.07) is -2.80. The van der Waals surface area contributed by atoms with Gasteiger partial charge in [-0.1, -0.05) is 0 Å². The van der Waals surface area contributed by atoms with Gasteiger partial charge in [0.05, 0.1) is 58.4 Å². The van der Waals surface area contributed by atoms with Crippen LogP contribution in [0.15, 0.2) is 0 Å². The zero-order valence-electron chi connectivity index (χ0n) is 40.7. The number of hydrogen-bond donors (Lipinski definition) is 20. The van der Waals surface area contributed by atoms with Gasteiger partial charge in [0, 0.05) is 6.92 Å². The summed E-state index contributed by atoms with van der Waals surface area (Å²) < 4.78 is 69.2. The standard InChI is InChI=1S/C42H72N2O32/c1-11-20(53)24(57)27(60)39(66-11)74-34-19(44-12(2)52)37(70-18(8-50)33(34)73-40-28(61)25(58)21(54)14(4-46)67-40)75-35-22(55)15(5-47)69-42(30(35)63)76-36-23(56)16(6-48)68-41(31(36)64)72-32-17(7-49)71-38(29(62)26(32)59)65-9-13(3-45)43-10-51/h10-11,13-42,45-50,53-64H,3-9H2,1-2H3,(H,43,51)(H,44,52)/t11-,13+,14+,15+,16+,17+,18+,19+,20+,21-,22-,23-,24+,25-,26+,27-,28+,29+,30+,31+,32+,33+,34+,35-,36-,37-,38+,39-,40-,41-,42+/m0/s1. The van der Waals surface area contributed by atoms with Crippen LogP contribution in [-0.2, 0) is 66.4 Å². The largest absolute Gasteiger partial charge is 0.394 e. The first kappa shape index (κ1) is 62.9. The third-order valence-corrected chi connectivity index (χ3v) is 13.8. The Balaban J connectivity index is 1.27. The first-order valence-corrected chi connectivity index (χ1v) is 24.2. The van der Waals surface area contributed by atoms with Gasteiger partial charge in [-0.15, -0.1) is 0 Å². The Bertz CT molecular complexity index is 1780. The molecule has 34 nitrogen and oxygen atoms in total. The van der Waals surface area contributed by atoms with Gasteiger partial charge in [-0.25, -0.2) is 0 Å². The summed E-state index contributed by atoms with van der Waals surface area (Å²) in [4.78, 5) is 23.8. The highest BCUT2D eigenvalue weighted by Gasteiger charge is 2.59. The molecule has 76 heavy (non-hydrogen) atoms. The van der Waals surface area contributed by atoms with Gasteiger partial charge in [-0.05, 0) is 6.92 Å². The number of rotatable bonds is 22. The monoisotopic (exact) mass is 1120 g/mol. The number of nitrogens with one attached hydrogen (secondary N) is 2. The zero-order chi connectivity index (χ0) is 56.0. The van der Waals surface area contributed by atoms with Gasteiger partial charge in [0.15, 0.2) is 37.7 Å². The molecule has 0 unspecified atom stereocenters. The van der Waals surface area contributed by atoms with Crippen LogP contribution in [0.1, 0.15) is 13.8 Å². The molecule has 31 atom stereocenters. The maximum Gasteiger partial charge on any atom is 0.217 e. The van der Waals surface area contributed by atoms with Crippen molar-refractivity contribution in [3.63, 3.8) is 0 Å². The summed E-state index contributed by atoms with van der Waals surface area (Å²) in [6.45, 7) is -3.75. The van der Waals surface area contributed by atoms with Gasteiger partial charge in [0.2, 0.25) is 12.3 Å². The van der Waals surface area contributed by atoms with Crippen molar-refractivity contribution in [1.29, 1.82) is 0 Å². The van der Waals surface area contributed by atoms with E-state index < -0.39 is 242 Å². The van der Waals surface area contributed by atoms with E-state index in [0.29, 0.717) is 0 Å². The zero-order valence-corrected chi connectivity index (χ0v) is 40.7. The highest BCUT2D eigenvalue weighted by Crippen LogP contribution is 2.38. The van der Waals surface area contributed by atoms with E-state index in [1.165, 1.54) is 6.92 Å². The SMILES string of the molecule is CC(=O)N[C@H]1[C@H](O[C@H]2[C@@H](O)[C@@H](CO)O[C@H](O[C@H]3[C@@H](O)[C@@H](CO)O[C@@H](O[C@H]4[C@H](O)[C@@H](O)[C@H](OC[C@@H](CO)NC=O)O[C@@H]4CO)[C@@H]3O)[C@@H]2O)O[C@H](CO)[C@@H](O[C@@H]2O[C@H](CO)[C@H](O)[C@H](O)[C@H]2O)[C@@H]1O[C@@H]1O[C@@H](C)[C@@H](O)[C@@H](O)[C@@H]1O. The molecule has 6 heterocycles. The molecule has 0 aliphatic carbocycles. The van der Waals surface area contributed by atoms with Crippen molar-refractivity contribution >= 4 is 12.3 Å². The minimum atomic E-state index is -2.30. The molecule has 6 rings (SSSR count). The van der Waals surface area contributed by atoms with Gasteiger partial charge in [-0.3, -0.25) is 9.59 Å². The molecule has 34 heteroatoms. The van der Waals surface area contributed by atoms with Crippen LogP contribution in [0.5, 0.6) is 0 Å². The van der Waals surface area contributed by atoms with Crippen LogP contribution in [-0.4, -0.2) is 341 Å². The molecule has 442 valence electrons. The number of amides is 2. The summed E-state index contributed by atoms with van der Waals surface area (Å²) in [5, 5.41) is 198. The van der Waals surface area contributed by atoms with E-state index in [0.717, 1.165) is 6.92 Å². The van der Waals surface area contributed by atoms with Crippen LogP contribution < -0.4 is 10.6 Å². The molecule has 0 bridgehead atoms. The molecular formula is C42H72N2O32. The van der Waals surface area contributed by atoms with Crippen LogP contribution >= 0.6 is 0 Å². The molecule has 6 saturated heterocycles. The Labute approximate surface area is 431 Å². The smallest absolute Gasteiger partial charge is 0.217 e. The number of carbonyl (C=O) groups excluding carboxylic acids is 2. The number of ether oxygens (including phenoxy) is 12. The molecule has 6 aliphatic heterocycles. The third-order valence-electron chi connectivity index (χ3n) is 13.8. The molecule has 20 N–H and O–H groups in total. The van der Waals surface area contributed by atoms with Crippen LogP contribution in [0.3, 0.4) is 0 Å². The predicted molar refractivity (Wildman–Crippen MR) is 233 cm³/mol. The second kappa shape index (κ2) is 27.9. The molecule has 0 aromatic heterocycles. The summed E-state index contributed by atoms with van der Waals surface area (Å²) in [5.41, 5.74) is 0. The molecule has 0 radical (unpaired) electrons. The van der Waals surface area contributed by atoms with E-state index in [1.54, 1.807) is 0 Å². The first-order valence-electron chi connectivity index (χ1n) is 24.2. The molecule has 2 amide bonds. The lowest BCUT2D eigenvalue weighted by molar-refractivity contribution is -0.396. The van der Waals surface area contributed by atoms with E-state index >= 15 is 0 Å². The van der Waals surface area contributed by atoms with Crippen LogP contribution in [0.25, 0.3) is 0 Å². The maximum atomic E-state index is 13.0. The highest BCUT2D eigenvalue weighted by atomic mass is 16.8. The molecule has 0 spiro atoms. The first-order chi connectivity index (χ1) is 36.1. The molecular weight excluding hydrogens is 1040 g/mol. The van der Waals surface area contributed by atoms with Gasteiger partial charge in [-0.2, -0.15) is 0 Å². The lowest BCUT2D eigenvalue weighted by Crippen LogP contribution is -2.71. The molecule has 6 aliphatic rings. The third kappa shape index (κ3) is 13.7. The molecule has 0 aromatic rings. The molecule has 0 aromatic carbocycles. The van der Waals surface area contributed by atoms with Gasteiger partial charge >= 0.3 is 0 Å². The predicted octanol–water partition coefficient (Wildman–Crippen LogP) is -13.8. The Morgan fingerprint density at radius 2 is 0.842 bits per heavy atom. The summed E-state index contributed by atoms with van der Waals surface area (Å²) in [6.07, 6.45) is -55.1. The van der Waals surface area contributed by atoms with Gasteiger partial charge < -0.3 is 159 Å². The van der Waals surface area contributed by atoms with Crippen molar-refractivity contribution in [1.82, 2.24) is 10.6 Å². The van der Waals surface area contributed by atoms with Gasteiger partial charge in [0.1, 0.15) is 140 Å². The number of carbonyl (C=O) groups is 2. The lowest BCUT2D eigenvalue weighted by Gasteiger charge is -2.51. The highest BCUT2D eigenvalue weighted by molar-refractivity contribution is 5.73. The van der Waals surface area contributed by atoms with Crippen molar-refractivity contribution in [2.24, 2.45) is 0 Å². The van der Waals surface area contributed by atoms with Crippen LogP contribution in [0.2, 0.25) is 0 Å². The fourth-order valence-electron chi connectivity index (χ4n) is 9.43. The van der Waals surface area contributed by atoms with E-state index in [4.69, 9.17) is 56.8 Å². The fourth-order valence-corrected chi connectivity index (χ4v) is 9.43. The second-order valence-electron chi connectivity index (χ2n) is 19.0. The van der Waals surface area contributed by atoms with E-state index in [9.17, 15) is 102 Å². The second-order valence-corrected chi connectivity index (χ2v) is 19.0. The average Bonchev–Trinajstić information content (AvgIpc) is 3.41. The van der Waals surface area contributed by atoms with Crippen LogP contribution in [0.4, 0.5) is 0 Å². The fraction of sp³-hybridized carbons (Fsp3) is 0.952. The van der Waals surface area contributed by atoms with E-state index in [2.05, 4.69) is 10.6 Å². The summed E-state index contributed by atoms with van der Waals surface area (Å²) >= 11 is 0. The number of aliphatic hydroxyl groups is 18. The van der Waals surface area contributed by atoms with E-state index in [1.807, 2.05) is 0 Å². The molecule has 0 saturated carbocycles. The minimum Gasteiger partial charge on any atom is -0.394 e. The quantitative estimate of drug-likeness (QED) is 0.0448. The number of hydrogen-bond acceptors (Lipinski definition) is 32. The van der Waals surface area contributed by atoms with Crippen molar-refractivity contribution in [3.8, 4) is 0 Å². The Morgan fingerprint density at radius 3 is 1.34 bits per heavy atom. The van der Waals surface area contributed by atoms with Gasteiger partial charge in [0.25, 0.3) is 0 Å². The summed E-state index contributed by atoms with van der Waals surface area (Å²) in [5.74, 6) is -0.890. The minimum absolute atomic E-state index is 0.274. The molecule has 6 fully saturated rings. The van der Waals surface area contributed by atoms with Crippen molar-refractivity contribution in [2.45, 2.75) is 204 Å². The Kier molecular flexibility index (Phi) is 23.1. The van der Waals surface area contributed by atoms with Crippen molar-refractivity contribution < 1.29 is 158 Å². The van der Waals surface area contributed by atoms with Crippen LogP contribution in [0, 0.1) is 0 Å². The topological polar surface area (TPSA) is 533 Å². The van der Waals surface area contributed by atoms with Crippen molar-refractivity contribution in [2.75, 3.05) is 46.2 Å². The Hall–Kier alpha value is -2.26. The number of aliphatic hydroxyl groups excluding tert-OH is 18. The summed E-state index contributed by atoms with van der Waals surface area (Å²) in [7, 11) is 0. The van der Waals surface area contributed by atoms with Crippen molar-refractivity contribution in [3.05, 3.63) is 0 Å². The average molecular weight is 1120 g/mol. The normalized spacial score (nSPS) is 48.7. The maximum absolute atomic E-state index is 13.0. The van der Waals surface area contributed by atoms with E-state index in [-0.39, 0.29) is 6.41 Å².